The molecular formula is C19H14Cl2N2O. The van der Waals surface area contributed by atoms with E-state index in [1.165, 1.54) is 0 Å². The second kappa shape index (κ2) is 6.00. The lowest BCUT2D eigenvalue weighted by Crippen LogP contribution is -2.23. The van der Waals surface area contributed by atoms with E-state index in [0.29, 0.717) is 10.0 Å². The third-order valence-corrected chi connectivity index (χ3v) is 4.83. The highest BCUT2D eigenvalue weighted by atomic mass is 35.5. The van der Waals surface area contributed by atoms with Crippen molar-refractivity contribution in [2.75, 3.05) is 5.32 Å². The van der Waals surface area contributed by atoms with E-state index in [9.17, 15) is 4.79 Å². The van der Waals surface area contributed by atoms with Crippen LogP contribution in [0.5, 0.6) is 0 Å². The Morgan fingerprint density at radius 3 is 2.00 bits per heavy atom. The molecule has 4 rings (SSSR count). The number of rotatable bonds is 2. The summed E-state index contributed by atoms with van der Waals surface area (Å²) in [5.74, 6) is 0.808. The molecule has 2 heterocycles. The first-order valence-corrected chi connectivity index (χ1v) is 8.38. The van der Waals surface area contributed by atoms with Crippen molar-refractivity contribution >= 4 is 29.0 Å². The zero-order valence-electron chi connectivity index (χ0n) is 12.6. The standard InChI is InChI=1S/C19H14Cl2N2O/c20-14-8-4-12(5-9-14)18-19(13-6-10-15(21)11-7-13)23-16(22-18)2-1-3-17(23)24/h1-11,18-19,22H. The van der Waals surface area contributed by atoms with Gasteiger partial charge in [0.25, 0.3) is 5.56 Å². The summed E-state index contributed by atoms with van der Waals surface area (Å²) < 4.78 is 1.79. The van der Waals surface area contributed by atoms with E-state index < -0.39 is 0 Å². The second-order valence-electron chi connectivity index (χ2n) is 5.79. The number of anilines is 1. The molecule has 0 bridgehead atoms. The highest BCUT2D eigenvalue weighted by Gasteiger charge is 2.34. The zero-order valence-corrected chi connectivity index (χ0v) is 14.1. The van der Waals surface area contributed by atoms with Crippen molar-refractivity contribution in [3.05, 3.63) is 98.3 Å². The molecule has 0 aliphatic carbocycles. The monoisotopic (exact) mass is 356 g/mol. The molecule has 120 valence electrons. The Morgan fingerprint density at radius 1 is 0.792 bits per heavy atom. The lowest BCUT2D eigenvalue weighted by atomic mass is 9.94. The van der Waals surface area contributed by atoms with E-state index in [2.05, 4.69) is 5.32 Å². The molecule has 2 atom stereocenters. The van der Waals surface area contributed by atoms with Gasteiger partial charge in [0.1, 0.15) is 5.82 Å². The number of benzene rings is 2. The van der Waals surface area contributed by atoms with Crippen molar-refractivity contribution in [2.45, 2.75) is 12.1 Å². The smallest absolute Gasteiger partial charge is 0.252 e. The Bertz CT molecular complexity index is 933. The Morgan fingerprint density at radius 2 is 1.38 bits per heavy atom. The number of fused-ring (bicyclic) bond motifs is 1. The number of halogens is 2. The molecule has 2 unspecified atom stereocenters. The normalized spacial score (nSPS) is 18.9. The van der Waals surface area contributed by atoms with Gasteiger partial charge in [0, 0.05) is 16.1 Å². The predicted molar refractivity (Wildman–Crippen MR) is 98.1 cm³/mol. The minimum Gasteiger partial charge on any atom is -0.362 e. The van der Waals surface area contributed by atoms with Gasteiger partial charge in [-0.25, -0.2) is 0 Å². The van der Waals surface area contributed by atoms with Crippen LogP contribution in [0.25, 0.3) is 0 Å². The highest BCUT2D eigenvalue weighted by Crippen LogP contribution is 2.41. The average Bonchev–Trinajstić information content (AvgIpc) is 2.97. The zero-order chi connectivity index (χ0) is 16.7. The van der Waals surface area contributed by atoms with Crippen LogP contribution in [-0.4, -0.2) is 4.57 Å². The Labute approximate surface area is 149 Å². The molecule has 3 nitrogen and oxygen atoms in total. The van der Waals surface area contributed by atoms with Crippen LogP contribution in [0.3, 0.4) is 0 Å². The topological polar surface area (TPSA) is 34.0 Å². The van der Waals surface area contributed by atoms with Gasteiger partial charge < -0.3 is 5.32 Å². The molecule has 0 fully saturated rings. The van der Waals surface area contributed by atoms with Crippen molar-refractivity contribution in [3.63, 3.8) is 0 Å². The van der Waals surface area contributed by atoms with Crippen LogP contribution in [-0.2, 0) is 0 Å². The van der Waals surface area contributed by atoms with Gasteiger partial charge in [-0.3, -0.25) is 9.36 Å². The molecule has 24 heavy (non-hydrogen) atoms. The Kier molecular flexibility index (Phi) is 3.83. The average molecular weight is 357 g/mol. The SMILES string of the molecule is O=c1cccc2n1C(c1ccc(Cl)cc1)C(c1ccc(Cl)cc1)N2. The highest BCUT2D eigenvalue weighted by molar-refractivity contribution is 6.30. The van der Waals surface area contributed by atoms with Crippen LogP contribution in [0.15, 0.2) is 71.5 Å². The second-order valence-corrected chi connectivity index (χ2v) is 6.66. The minimum absolute atomic E-state index is 0.0311. The van der Waals surface area contributed by atoms with Gasteiger partial charge in [0.05, 0.1) is 12.1 Å². The number of nitrogens with one attached hydrogen (secondary N) is 1. The predicted octanol–water partition coefficient (Wildman–Crippen LogP) is 4.91. The van der Waals surface area contributed by atoms with E-state index in [-0.39, 0.29) is 17.6 Å². The van der Waals surface area contributed by atoms with Gasteiger partial charge in [-0.15, -0.1) is 0 Å². The first-order chi connectivity index (χ1) is 11.6. The summed E-state index contributed by atoms with van der Waals surface area (Å²) in [4.78, 5) is 12.5. The van der Waals surface area contributed by atoms with Crippen molar-refractivity contribution < 1.29 is 0 Å². The van der Waals surface area contributed by atoms with Gasteiger partial charge in [-0.1, -0.05) is 53.5 Å². The molecule has 0 radical (unpaired) electrons. The fourth-order valence-corrected chi connectivity index (χ4v) is 3.48. The third kappa shape index (κ3) is 2.60. The quantitative estimate of drug-likeness (QED) is 0.707. The van der Waals surface area contributed by atoms with Crippen LogP contribution in [0.1, 0.15) is 23.2 Å². The summed E-state index contributed by atoms with van der Waals surface area (Å²) in [7, 11) is 0. The summed E-state index contributed by atoms with van der Waals surface area (Å²) in [6.45, 7) is 0. The van der Waals surface area contributed by atoms with E-state index >= 15 is 0 Å². The van der Waals surface area contributed by atoms with Crippen LogP contribution in [0, 0.1) is 0 Å². The molecular weight excluding hydrogens is 343 g/mol. The van der Waals surface area contributed by atoms with Gasteiger partial charge in [-0.05, 0) is 41.5 Å². The van der Waals surface area contributed by atoms with Crippen LogP contribution in [0.4, 0.5) is 5.82 Å². The maximum absolute atomic E-state index is 12.5. The van der Waals surface area contributed by atoms with Crippen LogP contribution < -0.4 is 10.9 Å². The van der Waals surface area contributed by atoms with Crippen LogP contribution in [0.2, 0.25) is 10.0 Å². The summed E-state index contributed by atoms with van der Waals surface area (Å²) in [6, 6.07) is 20.4. The van der Waals surface area contributed by atoms with Gasteiger partial charge in [0.15, 0.2) is 0 Å². The number of nitrogens with zero attached hydrogens (tertiary/aromatic N) is 1. The Balaban J connectivity index is 1.87. The molecule has 0 saturated carbocycles. The van der Waals surface area contributed by atoms with E-state index in [4.69, 9.17) is 23.2 Å². The molecule has 1 aromatic heterocycles. The van der Waals surface area contributed by atoms with Crippen molar-refractivity contribution in [1.29, 1.82) is 0 Å². The van der Waals surface area contributed by atoms with E-state index in [1.807, 2.05) is 54.6 Å². The lowest BCUT2D eigenvalue weighted by Gasteiger charge is -2.22. The lowest BCUT2D eigenvalue weighted by molar-refractivity contribution is 0.556. The number of pyridine rings is 1. The molecule has 1 N–H and O–H groups in total. The van der Waals surface area contributed by atoms with Crippen molar-refractivity contribution in [2.24, 2.45) is 0 Å². The maximum Gasteiger partial charge on any atom is 0.252 e. The Hall–Kier alpha value is -2.23. The van der Waals surface area contributed by atoms with Gasteiger partial charge in [-0.2, -0.15) is 0 Å². The largest absolute Gasteiger partial charge is 0.362 e. The molecule has 2 aromatic carbocycles. The summed E-state index contributed by atoms with van der Waals surface area (Å²) >= 11 is 12.0. The number of aromatic nitrogens is 1. The van der Waals surface area contributed by atoms with E-state index in [1.54, 1.807) is 16.7 Å². The molecule has 1 aliphatic heterocycles. The first-order valence-electron chi connectivity index (χ1n) is 7.62. The summed E-state index contributed by atoms with van der Waals surface area (Å²) in [5.41, 5.74) is 2.07. The van der Waals surface area contributed by atoms with Gasteiger partial charge in [0.2, 0.25) is 0 Å². The summed E-state index contributed by atoms with van der Waals surface area (Å²) in [6.07, 6.45) is 0. The number of hydrogen-bond donors (Lipinski definition) is 1. The van der Waals surface area contributed by atoms with Gasteiger partial charge >= 0.3 is 0 Å². The maximum atomic E-state index is 12.5. The van der Waals surface area contributed by atoms with Crippen molar-refractivity contribution in [1.82, 2.24) is 4.57 Å². The van der Waals surface area contributed by atoms with E-state index in [0.717, 1.165) is 16.9 Å². The molecule has 0 amide bonds. The molecule has 3 aromatic rings. The molecule has 0 saturated heterocycles. The molecule has 0 spiro atoms. The number of hydrogen-bond acceptors (Lipinski definition) is 2. The fraction of sp³-hybridized carbons (Fsp3) is 0.105. The first kappa shape index (κ1) is 15.3. The van der Waals surface area contributed by atoms with Crippen LogP contribution >= 0.6 is 23.2 Å². The van der Waals surface area contributed by atoms with Crippen molar-refractivity contribution in [3.8, 4) is 0 Å². The molecule has 1 aliphatic rings. The summed E-state index contributed by atoms with van der Waals surface area (Å²) in [5, 5.41) is 4.82. The minimum atomic E-state index is -0.146. The third-order valence-electron chi connectivity index (χ3n) is 4.33. The molecule has 5 heteroatoms. The fourth-order valence-electron chi connectivity index (χ4n) is 3.23.